The number of benzene rings is 3. The number of phenolic OH excluding ortho intramolecular Hbond substituents is 2. The second-order valence-corrected chi connectivity index (χ2v) is 11.9. The van der Waals surface area contributed by atoms with Crippen LogP contribution in [-0.2, 0) is 19.1 Å². The Morgan fingerprint density at radius 2 is 1.71 bits per heavy atom. The van der Waals surface area contributed by atoms with Crippen molar-refractivity contribution in [1.82, 2.24) is 5.32 Å². The number of nitrogens with one attached hydrogen (secondary N) is 2. The minimum Gasteiger partial charge on any atom is -0.507 e. The van der Waals surface area contributed by atoms with Crippen molar-refractivity contribution in [3.05, 3.63) is 82.9 Å². The number of aromatic hydroxyl groups is 2. The Bertz CT molecular complexity index is 1670. The standard InChI is InChI=1S/C38H44N2O9/c1-24-10-9-13-27(41)12-6-4-5-11-26-22-31(42)36(37(45)35(26)38(46)49-24)29(25-16-18-28(47-2)19-17-25)23-34(44)39-21-20-33(43)40-30-14-7-8-15-32(30)48-3/h5,7-8,11,14-19,22,24,29,42,45H,4,6,9-10,12-13,20-21,23H2,1-3H3,(H,39,44)(H,40,43)/b11-5+/t24-,29?/m0/s1. The molecule has 260 valence electrons. The molecule has 3 aromatic carbocycles. The van der Waals surface area contributed by atoms with Crippen LogP contribution in [0.15, 0.2) is 60.7 Å². The molecule has 0 fully saturated rings. The van der Waals surface area contributed by atoms with Crippen LogP contribution in [0.25, 0.3) is 6.08 Å². The summed E-state index contributed by atoms with van der Waals surface area (Å²) in [7, 11) is 3.02. The SMILES string of the molecule is COc1ccc(C(CC(=O)NCCC(=O)Nc2ccccc2OC)c2c(O)cc3c(c2O)C(=O)O[C@@H](C)CCCC(=O)CCC/C=C/3)cc1. The molecule has 0 spiro atoms. The minimum absolute atomic E-state index is 0.0160. The van der Waals surface area contributed by atoms with Gasteiger partial charge in [0.15, 0.2) is 0 Å². The van der Waals surface area contributed by atoms with Crippen LogP contribution in [0.1, 0.15) is 91.3 Å². The number of esters is 1. The van der Waals surface area contributed by atoms with Crippen LogP contribution in [0.2, 0.25) is 0 Å². The van der Waals surface area contributed by atoms with E-state index in [2.05, 4.69) is 10.6 Å². The van der Waals surface area contributed by atoms with Gasteiger partial charge >= 0.3 is 5.97 Å². The highest BCUT2D eigenvalue weighted by atomic mass is 16.5. The molecule has 0 bridgehead atoms. The van der Waals surface area contributed by atoms with Crippen molar-refractivity contribution in [2.75, 3.05) is 26.1 Å². The molecule has 1 unspecified atom stereocenters. The highest BCUT2D eigenvalue weighted by molar-refractivity contribution is 5.98. The largest absolute Gasteiger partial charge is 0.507 e. The van der Waals surface area contributed by atoms with Crippen molar-refractivity contribution < 1.29 is 43.6 Å². The number of allylic oxidation sites excluding steroid dienone is 1. The van der Waals surface area contributed by atoms with E-state index in [9.17, 15) is 29.4 Å². The zero-order chi connectivity index (χ0) is 35.3. The molecule has 1 aliphatic heterocycles. The molecule has 2 atom stereocenters. The number of hydrogen-bond donors (Lipinski definition) is 4. The van der Waals surface area contributed by atoms with E-state index < -0.39 is 29.6 Å². The first-order valence-corrected chi connectivity index (χ1v) is 16.4. The van der Waals surface area contributed by atoms with Crippen LogP contribution in [0.4, 0.5) is 5.69 Å². The molecular formula is C38H44N2O9. The fourth-order valence-corrected chi connectivity index (χ4v) is 5.78. The molecule has 4 N–H and O–H groups in total. The molecule has 1 aliphatic rings. The number of rotatable bonds is 10. The molecule has 2 amide bonds. The zero-order valence-corrected chi connectivity index (χ0v) is 28.1. The van der Waals surface area contributed by atoms with Gasteiger partial charge in [-0.15, -0.1) is 0 Å². The molecule has 0 saturated heterocycles. The number of fused-ring (bicyclic) bond motifs is 1. The number of carbonyl (C=O) groups is 4. The van der Waals surface area contributed by atoms with Crippen molar-refractivity contribution >= 4 is 35.3 Å². The van der Waals surface area contributed by atoms with E-state index in [1.807, 2.05) is 0 Å². The molecule has 4 rings (SSSR count). The van der Waals surface area contributed by atoms with Gasteiger partial charge in [0.1, 0.15) is 34.3 Å². The van der Waals surface area contributed by atoms with Gasteiger partial charge in [-0.2, -0.15) is 0 Å². The summed E-state index contributed by atoms with van der Waals surface area (Å²) in [6.07, 6.45) is 5.72. The summed E-state index contributed by atoms with van der Waals surface area (Å²) in [6.45, 7) is 1.75. The topological polar surface area (TPSA) is 160 Å². The van der Waals surface area contributed by atoms with E-state index in [0.29, 0.717) is 61.3 Å². The third-order valence-corrected chi connectivity index (χ3v) is 8.36. The maximum atomic E-state index is 13.6. The summed E-state index contributed by atoms with van der Waals surface area (Å²) in [5.74, 6) is -2.04. The monoisotopic (exact) mass is 672 g/mol. The van der Waals surface area contributed by atoms with Gasteiger partial charge in [0.2, 0.25) is 11.8 Å². The van der Waals surface area contributed by atoms with Gasteiger partial charge in [0.05, 0.1) is 26.0 Å². The van der Waals surface area contributed by atoms with Crippen LogP contribution in [0.5, 0.6) is 23.0 Å². The molecule has 0 radical (unpaired) electrons. The van der Waals surface area contributed by atoms with E-state index in [0.717, 1.165) is 0 Å². The van der Waals surface area contributed by atoms with Gasteiger partial charge in [0.25, 0.3) is 0 Å². The van der Waals surface area contributed by atoms with E-state index in [-0.39, 0.29) is 53.5 Å². The average molecular weight is 673 g/mol. The number of ketones is 1. The van der Waals surface area contributed by atoms with Crippen LogP contribution in [-0.4, -0.2) is 60.6 Å². The van der Waals surface area contributed by atoms with E-state index in [1.54, 1.807) is 67.6 Å². The van der Waals surface area contributed by atoms with E-state index in [4.69, 9.17) is 14.2 Å². The number of Topliss-reactive ketones (excluding diaryl/α,β-unsaturated/α-hetero) is 1. The molecule has 49 heavy (non-hydrogen) atoms. The van der Waals surface area contributed by atoms with Crippen molar-refractivity contribution in [2.45, 2.75) is 70.3 Å². The van der Waals surface area contributed by atoms with Gasteiger partial charge in [-0.05, 0) is 74.1 Å². The number of methoxy groups -OCH3 is 2. The summed E-state index contributed by atoms with van der Waals surface area (Å²) >= 11 is 0. The van der Waals surface area contributed by atoms with Gasteiger partial charge < -0.3 is 35.1 Å². The number of carbonyl (C=O) groups excluding carboxylic acids is 4. The Balaban J connectivity index is 1.62. The molecule has 1 heterocycles. The second-order valence-electron chi connectivity index (χ2n) is 11.9. The molecule has 11 heteroatoms. The molecule has 11 nitrogen and oxygen atoms in total. The summed E-state index contributed by atoms with van der Waals surface area (Å²) in [5.41, 5.74) is 1.18. The highest BCUT2D eigenvalue weighted by Crippen LogP contribution is 2.44. The van der Waals surface area contributed by atoms with E-state index in [1.165, 1.54) is 20.3 Å². The van der Waals surface area contributed by atoms with Crippen molar-refractivity contribution in [3.8, 4) is 23.0 Å². The number of cyclic esters (lactones) is 1. The van der Waals surface area contributed by atoms with Gasteiger partial charge in [0, 0.05) is 43.7 Å². The number of para-hydroxylation sites is 2. The fraction of sp³-hybridized carbons (Fsp3) is 0.368. The van der Waals surface area contributed by atoms with Crippen LogP contribution < -0.4 is 20.1 Å². The average Bonchev–Trinajstić information content (AvgIpc) is 3.07. The lowest BCUT2D eigenvalue weighted by atomic mass is 9.84. The minimum atomic E-state index is -0.896. The lowest BCUT2D eigenvalue weighted by molar-refractivity contribution is -0.121. The van der Waals surface area contributed by atoms with Gasteiger partial charge in [-0.25, -0.2) is 4.79 Å². The third-order valence-electron chi connectivity index (χ3n) is 8.36. The Morgan fingerprint density at radius 1 is 0.980 bits per heavy atom. The van der Waals surface area contributed by atoms with Crippen molar-refractivity contribution in [3.63, 3.8) is 0 Å². The Hall–Kier alpha value is -5.32. The second kappa shape index (κ2) is 17.7. The molecule has 0 saturated carbocycles. The Morgan fingerprint density at radius 3 is 2.45 bits per heavy atom. The number of phenols is 2. The first-order valence-electron chi connectivity index (χ1n) is 16.4. The summed E-state index contributed by atoms with van der Waals surface area (Å²) < 4.78 is 16.3. The Kier molecular flexibility index (Phi) is 13.2. The molecule has 0 aromatic heterocycles. The summed E-state index contributed by atoms with van der Waals surface area (Å²) in [4.78, 5) is 51.7. The first-order chi connectivity index (χ1) is 23.6. The molecule has 3 aromatic rings. The fourth-order valence-electron chi connectivity index (χ4n) is 5.78. The Labute approximate surface area is 286 Å². The van der Waals surface area contributed by atoms with Crippen molar-refractivity contribution in [1.29, 1.82) is 0 Å². The van der Waals surface area contributed by atoms with E-state index >= 15 is 0 Å². The number of anilines is 1. The number of hydrogen-bond acceptors (Lipinski definition) is 9. The first kappa shape index (κ1) is 36.5. The quantitative estimate of drug-likeness (QED) is 0.182. The third kappa shape index (κ3) is 10.1. The van der Waals surface area contributed by atoms with Gasteiger partial charge in [-0.3, -0.25) is 14.4 Å². The maximum Gasteiger partial charge on any atom is 0.342 e. The predicted molar refractivity (Wildman–Crippen MR) is 185 cm³/mol. The van der Waals surface area contributed by atoms with Crippen molar-refractivity contribution in [2.24, 2.45) is 0 Å². The van der Waals surface area contributed by atoms with Crippen LogP contribution in [0, 0.1) is 0 Å². The van der Waals surface area contributed by atoms with Gasteiger partial charge in [-0.1, -0.05) is 36.4 Å². The number of amides is 2. The molecule has 0 aliphatic carbocycles. The normalized spacial score (nSPS) is 16.7. The smallest absolute Gasteiger partial charge is 0.342 e. The molecular weight excluding hydrogens is 628 g/mol. The lowest BCUT2D eigenvalue weighted by Gasteiger charge is -2.23. The lowest BCUT2D eigenvalue weighted by Crippen LogP contribution is -2.29. The maximum absolute atomic E-state index is 13.6. The van der Waals surface area contributed by atoms with Crippen LogP contribution >= 0.6 is 0 Å². The zero-order valence-electron chi connectivity index (χ0n) is 28.1. The van der Waals surface area contributed by atoms with Crippen LogP contribution in [0.3, 0.4) is 0 Å². The highest BCUT2D eigenvalue weighted by Gasteiger charge is 2.31. The predicted octanol–water partition coefficient (Wildman–Crippen LogP) is 6.26. The summed E-state index contributed by atoms with van der Waals surface area (Å²) in [6, 6.07) is 15.2. The number of ether oxygens (including phenoxy) is 3. The summed E-state index contributed by atoms with van der Waals surface area (Å²) in [5, 5.41) is 28.6.